The van der Waals surface area contributed by atoms with Crippen LogP contribution in [0.2, 0.25) is 0 Å². The molecule has 2 aliphatic heterocycles. The fourth-order valence-electron chi connectivity index (χ4n) is 2.88. The average molecular weight is 221 g/mol. The van der Waals surface area contributed by atoms with Crippen molar-refractivity contribution in [3.05, 3.63) is 5.82 Å². The Morgan fingerprint density at radius 3 is 2.56 bits per heavy atom. The Morgan fingerprint density at radius 2 is 2.00 bits per heavy atom. The van der Waals surface area contributed by atoms with Crippen LogP contribution in [0.1, 0.15) is 37.9 Å². The minimum atomic E-state index is 0.278. The summed E-state index contributed by atoms with van der Waals surface area (Å²) in [5.74, 6) is 1.03. The van der Waals surface area contributed by atoms with E-state index in [2.05, 4.69) is 15.0 Å². The Morgan fingerprint density at radius 1 is 1.31 bits per heavy atom. The summed E-state index contributed by atoms with van der Waals surface area (Å²) in [6.07, 6.45) is 4.59. The van der Waals surface area contributed by atoms with Gasteiger partial charge in [0.25, 0.3) is 0 Å². The smallest absolute Gasteiger partial charge is 0.318 e. The number of anilines is 1. The highest BCUT2D eigenvalue weighted by molar-refractivity contribution is 5.82. The van der Waals surface area contributed by atoms with Gasteiger partial charge in [-0.25, -0.2) is 0 Å². The molecular weight excluding hydrogens is 206 g/mol. The molecule has 0 aromatic carbocycles. The van der Waals surface area contributed by atoms with Gasteiger partial charge in [-0.05, 0) is 26.2 Å². The highest BCUT2D eigenvalue weighted by Crippen LogP contribution is 2.35. The normalized spacial score (nSPS) is 29.6. The number of rotatable bonds is 1. The zero-order valence-electron chi connectivity index (χ0n) is 9.35. The second-order valence-corrected chi connectivity index (χ2v) is 4.72. The Balaban J connectivity index is 1.91. The van der Waals surface area contributed by atoms with Crippen LogP contribution in [0.4, 0.5) is 6.01 Å². The van der Waals surface area contributed by atoms with Crippen LogP contribution in [0.25, 0.3) is 0 Å². The average Bonchev–Trinajstić information content (AvgIpc) is 2.63. The van der Waals surface area contributed by atoms with Crippen molar-refractivity contribution < 1.29 is 9.32 Å². The second-order valence-electron chi connectivity index (χ2n) is 4.72. The number of hydrogen-bond donors (Lipinski definition) is 0. The Hall–Kier alpha value is -1.39. The summed E-state index contributed by atoms with van der Waals surface area (Å²) >= 11 is 0. The fraction of sp³-hybridized carbons (Fsp3) is 0.727. The van der Waals surface area contributed by atoms with E-state index < -0.39 is 0 Å². The van der Waals surface area contributed by atoms with E-state index in [-0.39, 0.29) is 12.1 Å². The molecule has 5 nitrogen and oxygen atoms in total. The van der Waals surface area contributed by atoms with Crippen molar-refractivity contribution in [2.75, 3.05) is 4.90 Å². The molecule has 0 amide bonds. The summed E-state index contributed by atoms with van der Waals surface area (Å²) in [5, 5.41) is 3.83. The molecule has 0 spiro atoms. The SMILES string of the molecule is Cc1noc(N2C3CCCC2CC(=O)C3)n1. The van der Waals surface area contributed by atoms with Gasteiger partial charge in [0.05, 0.1) is 0 Å². The molecule has 3 rings (SSSR count). The predicted octanol–water partition coefficient (Wildman–Crippen LogP) is 1.47. The Bertz CT molecular complexity index is 399. The lowest BCUT2D eigenvalue weighted by atomic mass is 9.84. The van der Waals surface area contributed by atoms with Crippen LogP contribution in [-0.2, 0) is 4.79 Å². The van der Waals surface area contributed by atoms with E-state index >= 15 is 0 Å². The Labute approximate surface area is 93.8 Å². The molecule has 0 N–H and O–H groups in total. The second kappa shape index (κ2) is 3.57. The topological polar surface area (TPSA) is 59.2 Å². The first-order chi connectivity index (χ1) is 7.74. The van der Waals surface area contributed by atoms with E-state index in [1.54, 1.807) is 0 Å². The van der Waals surface area contributed by atoms with E-state index in [4.69, 9.17) is 4.52 Å². The number of piperidine rings is 2. The van der Waals surface area contributed by atoms with Crippen molar-refractivity contribution in [3.63, 3.8) is 0 Å². The zero-order chi connectivity index (χ0) is 11.1. The first-order valence-electron chi connectivity index (χ1n) is 5.84. The lowest BCUT2D eigenvalue weighted by Crippen LogP contribution is -2.52. The number of nitrogens with zero attached hydrogens (tertiary/aromatic N) is 3. The molecule has 2 unspecified atom stereocenters. The third-order valence-electron chi connectivity index (χ3n) is 3.53. The molecule has 1 aromatic rings. The molecule has 2 aliphatic rings. The monoisotopic (exact) mass is 221 g/mol. The highest BCUT2D eigenvalue weighted by Gasteiger charge is 2.39. The molecule has 3 heterocycles. The van der Waals surface area contributed by atoms with Gasteiger partial charge < -0.3 is 9.42 Å². The van der Waals surface area contributed by atoms with E-state index in [1.807, 2.05) is 6.92 Å². The van der Waals surface area contributed by atoms with Gasteiger partial charge in [0.15, 0.2) is 5.82 Å². The maximum Gasteiger partial charge on any atom is 0.324 e. The Kier molecular flexibility index (Phi) is 2.19. The largest absolute Gasteiger partial charge is 0.324 e. The first kappa shape index (κ1) is 9.81. The van der Waals surface area contributed by atoms with Crippen molar-refractivity contribution in [1.29, 1.82) is 0 Å². The maximum atomic E-state index is 11.6. The van der Waals surface area contributed by atoms with Crippen molar-refractivity contribution >= 4 is 11.8 Å². The van der Waals surface area contributed by atoms with Gasteiger partial charge in [-0.3, -0.25) is 4.79 Å². The molecule has 2 bridgehead atoms. The molecule has 16 heavy (non-hydrogen) atoms. The molecular formula is C11H15N3O2. The lowest BCUT2D eigenvalue weighted by Gasteiger charge is -2.44. The number of ketones is 1. The summed E-state index contributed by atoms with van der Waals surface area (Å²) < 4.78 is 5.23. The lowest BCUT2D eigenvalue weighted by molar-refractivity contribution is -0.121. The number of carbonyl (C=O) groups excluding carboxylic acids is 1. The van der Waals surface area contributed by atoms with Gasteiger partial charge in [0, 0.05) is 24.9 Å². The van der Waals surface area contributed by atoms with Crippen LogP contribution < -0.4 is 4.90 Å². The number of carbonyl (C=O) groups is 1. The van der Waals surface area contributed by atoms with E-state index in [1.165, 1.54) is 6.42 Å². The van der Waals surface area contributed by atoms with Crippen LogP contribution in [-0.4, -0.2) is 28.0 Å². The van der Waals surface area contributed by atoms with Gasteiger partial charge in [0.2, 0.25) is 0 Å². The summed E-state index contributed by atoms with van der Waals surface area (Å²) in [6, 6.07) is 1.15. The molecule has 0 aliphatic carbocycles. The van der Waals surface area contributed by atoms with Crippen molar-refractivity contribution in [1.82, 2.24) is 10.1 Å². The molecule has 1 aromatic heterocycles. The summed E-state index contributed by atoms with van der Waals surface area (Å²) in [5.41, 5.74) is 0. The quantitative estimate of drug-likeness (QED) is 0.718. The number of Topliss-reactive ketones (excluding diaryl/α,β-unsaturated/α-hetero) is 1. The number of fused-ring (bicyclic) bond motifs is 2. The third-order valence-corrected chi connectivity index (χ3v) is 3.53. The molecule has 2 saturated heterocycles. The van der Waals surface area contributed by atoms with Crippen LogP contribution in [0.15, 0.2) is 4.52 Å². The predicted molar refractivity (Wildman–Crippen MR) is 57.2 cm³/mol. The van der Waals surface area contributed by atoms with Crippen LogP contribution in [0, 0.1) is 6.92 Å². The fourth-order valence-corrected chi connectivity index (χ4v) is 2.88. The molecule has 2 atom stereocenters. The van der Waals surface area contributed by atoms with E-state index in [9.17, 15) is 4.79 Å². The highest BCUT2D eigenvalue weighted by atomic mass is 16.5. The van der Waals surface area contributed by atoms with Gasteiger partial charge in [-0.1, -0.05) is 5.16 Å². The van der Waals surface area contributed by atoms with Crippen LogP contribution >= 0.6 is 0 Å². The molecule has 0 saturated carbocycles. The van der Waals surface area contributed by atoms with Gasteiger partial charge in [-0.15, -0.1) is 0 Å². The number of aryl methyl sites for hydroxylation is 1. The van der Waals surface area contributed by atoms with Crippen molar-refractivity contribution in [3.8, 4) is 0 Å². The standard InChI is InChI=1S/C11H15N3O2/c1-7-12-11(16-13-7)14-8-3-2-4-9(14)6-10(15)5-8/h8-9H,2-6H2,1H3. The minimum Gasteiger partial charge on any atom is -0.318 e. The van der Waals surface area contributed by atoms with E-state index in [0.29, 0.717) is 30.5 Å². The summed E-state index contributed by atoms with van der Waals surface area (Å²) in [7, 11) is 0. The maximum absolute atomic E-state index is 11.6. The summed E-state index contributed by atoms with van der Waals surface area (Å²) in [4.78, 5) is 18.0. The molecule has 2 fully saturated rings. The van der Waals surface area contributed by atoms with Gasteiger partial charge in [0.1, 0.15) is 5.78 Å². The molecule has 0 radical (unpaired) electrons. The molecule has 86 valence electrons. The van der Waals surface area contributed by atoms with E-state index in [0.717, 1.165) is 12.8 Å². The van der Waals surface area contributed by atoms with Crippen molar-refractivity contribution in [2.24, 2.45) is 0 Å². The minimum absolute atomic E-state index is 0.278. The van der Waals surface area contributed by atoms with Gasteiger partial charge >= 0.3 is 6.01 Å². The number of aromatic nitrogens is 2. The van der Waals surface area contributed by atoms with Gasteiger partial charge in [-0.2, -0.15) is 4.98 Å². The molecule has 5 heteroatoms. The number of hydrogen-bond acceptors (Lipinski definition) is 5. The zero-order valence-corrected chi connectivity index (χ0v) is 9.35. The van der Waals surface area contributed by atoms with Crippen molar-refractivity contribution in [2.45, 2.75) is 51.1 Å². The third kappa shape index (κ3) is 1.50. The van der Waals surface area contributed by atoms with Crippen LogP contribution in [0.3, 0.4) is 0 Å². The first-order valence-corrected chi connectivity index (χ1v) is 5.84. The van der Waals surface area contributed by atoms with Crippen LogP contribution in [0.5, 0.6) is 0 Å². The summed E-state index contributed by atoms with van der Waals surface area (Å²) in [6.45, 7) is 1.82.